The van der Waals surface area contributed by atoms with Crippen LogP contribution in [0.3, 0.4) is 0 Å². The first-order chi connectivity index (χ1) is 6.18. The highest BCUT2D eigenvalue weighted by molar-refractivity contribution is 6.39. The zero-order valence-electron chi connectivity index (χ0n) is 6.39. The molecule has 66 valence electrons. The van der Waals surface area contributed by atoms with Crippen molar-refractivity contribution < 1.29 is 4.39 Å². The van der Waals surface area contributed by atoms with Gasteiger partial charge in [0.1, 0.15) is 5.82 Å². The van der Waals surface area contributed by atoms with Crippen molar-refractivity contribution in [1.29, 1.82) is 0 Å². The highest BCUT2D eigenvalue weighted by Gasteiger charge is 2.05. The Balaban J connectivity index is 2.94. The summed E-state index contributed by atoms with van der Waals surface area (Å²) in [5.41, 5.74) is 0.524. The number of hydrogen-bond donors (Lipinski definition) is 0. The minimum Gasteiger partial charge on any atom is -0.255 e. The highest BCUT2D eigenvalue weighted by atomic mass is 35.5. The second-order valence-electron chi connectivity index (χ2n) is 2.58. The van der Waals surface area contributed by atoms with Crippen molar-refractivity contribution in [3.8, 4) is 0 Å². The Hall–Kier alpha value is -0.860. The van der Waals surface area contributed by atoms with Crippen LogP contribution in [0.4, 0.5) is 4.39 Å². The van der Waals surface area contributed by atoms with E-state index in [1.807, 2.05) is 0 Å². The van der Waals surface area contributed by atoms with Crippen molar-refractivity contribution in [3.05, 3.63) is 40.3 Å². The number of pyridine rings is 1. The molecule has 0 fully saturated rings. The number of hydrogen-bond acceptors (Lipinski definition) is 1. The van der Waals surface area contributed by atoms with Gasteiger partial charge in [0.25, 0.3) is 0 Å². The molecule has 0 atom stereocenters. The third-order valence-electron chi connectivity index (χ3n) is 1.71. The van der Waals surface area contributed by atoms with Crippen LogP contribution in [0.1, 0.15) is 0 Å². The van der Waals surface area contributed by atoms with Crippen molar-refractivity contribution in [3.63, 3.8) is 0 Å². The third-order valence-corrected chi connectivity index (χ3v) is 2.33. The van der Waals surface area contributed by atoms with E-state index in [2.05, 4.69) is 4.98 Å². The maximum absolute atomic E-state index is 12.9. The van der Waals surface area contributed by atoms with Crippen LogP contribution in [-0.4, -0.2) is 4.98 Å². The number of aromatic nitrogens is 1. The summed E-state index contributed by atoms with van der Waals surface area (Å²) < 4.78 is 12.9. The van der Waals surface area contributed by atoms with Crippen LogP contribution >= 0.6 is 23.2 Å². The lowest BCUT2D eigenvalue weighted by Crippen LogP contribution is -1.83. The second kappa shape index (κ2) is 3.13. The first-order valence-electron chi connectivity index (χ1n) is 3.58. The average Bonchev–Trinajstić information content (AvgIpc) is 2.07. The van der Waals surface area contributed by atoms with E-state index in [0.717, 1.165) is 0 Å². The van der Waals surface area contributed by atoms with Crippen LogP contribution in [0.2, 0.25) is 10.0 Å². The topological polar surface area (TPSA) is 12.9 Å². The van der Waals surface area contributed by atoms with Gasteiger partial charge in [-0.1, -0.05) is 23.2 Å². The minimum absolute atomic E-state index is 0.275. The maximum atomic E-state index is 12.9. The monoisotopic (exact) mass is 215 g/mol. The molecule has 0 spiro atoms. The van der Waals surface area contributed by atoms with Gasteiger partial charge in [0.2, 0.25) is 0 Å². The van der Waals surface area contributed by atoms with Gasteiger partial charge in [-0.15, -0.1) is 0 Å². The maximum Gasteiger partial charge on any atom is 0.125 e. The molecule has 13 heavy (non-hydrogen) atoms. The van der Waals surface area contributed by atoms with Gasteiger partial charge in [-0.2, -0.15) is 0 Å². The number of halogens is 3. The molecule has 1 nitrogen and oxygen atoms in total. The third kappa shape index (κ3) is 1.47. The zero-order chi connectivity index (χ0) is 9.42. The predicted octanol–water partition coefficient (Wildman–Crippen LogP) is 3.68. The Kier molecular flexibility index (Phi) is 2.10. The van der Waals surface area contributed by atoms with Crippen molar-refractivity contribution in [2.45, 2.75) is 0 Å². The summed E-state index contributed by atoms with van der Waals surface area (Å²) in [5, 5.41) is 1.26. The van der Waals surface area contributed by atoms with Crippen molar-refractivity contribution in [1.82, 2.24) is 4.98 Å². The molecule has 0 saturated carbocycles. The molecule has 1 heterocycles. The molecule has 0 radical (unpaired) electrons. The van der Waals surface area contributed by atoms with E-state index in [-0.39, 0.29) is 5.02 Å². The summed E-state index contributed by atoms with van der Waals surface area (Å²) in [5.74, 6) is -0.410. The number of fused-ring (bicyclic) bond motifs is 1. The van der Waals surface area contributed by atoms with Gasteiger partial charge >= 0.3 is 0 Å². The molecule has 0 unspecified atom stereocenters. The second-order valence-corrected chi connectivity index (χ2v) is 3.39. The van der Waals surface area contributed by atoms with E-state index >= 15 is 0 Å². The predicted molar refractivity (Wildman–Crippen MR) is 51.7 cm³/mol. The summed E-state index contributed by atoms with van der Waals surface area (Å²) in [7, 11) is 0. The van der Waals surface area contributed by atoms with Gasteiger partial charge in [0.05, 0.1) is 15.6 Å². The molecular formula is C9H4Cl2FN. The average molecular weight is 216 g/mol. The SMILES string of the molecule is Fc1cc(Cl)c2nccc(Cl)c2c1. The fraction of sp³-hybridized carbons (Fsp3) is 0. The smallest absolute Gasteiger partial charge is 0.125 e. The van der Waals surface area contributed by atoms with Crippen LogP contribution in [0.25, 0.3) is 10.9 Å². The largest absolute Gasteiger partial charge is 0.255 e. The lowest BCUT2D eigenvalue weighted by atomic mass is 10.2. The molecule has 4 heteroatoms. The highest BCUT2D eigenvalue weighted by Crippen LogP contribution is 2.27. The van der Waals surface area contributed by atoms with Gasteiger partial charge in [0.15, 0.2) is 0 Å². The Morgan fingerprint density at radius 2 is 1.92 bits per heavy atom. The van der Waals surface area contributed by atoms with Crippen molar-refractivity contribution >= 4 is 34.1 Å². The van der Waals surface area contributed by atoms with Gasteiger partial charge in [0, 0.05) is 11.6 Å². The molecule has 0 amide bonds. The van der Waals surface area contributed by atoms with Crippen LogP contribution in [0.15, 0.2) is 24.4 Å². The van der Waals surface area contributed by atoms with E-state index in [1.54, 1.807) is 6.07 Å². The number of nitrogens with zero attached hydrogens (tertiary/aromatic N) is 1. The zero-order valence-corrected chi connectivity index (χ0v) is 7.90. The van der Waals surface area contributed by atoms with E-state index in [4.69, 9.17) is 23.2 Å². The molecule has 0 N–H and O–H groups in total. The summed E-state index contributed by atoms with van der Waals surface area (Å²) in [6.07, 6.45) is 1.54. The quantitative estimate of drug-likeness (QED) is 0.654. The molecule has 0 aliphatic heterocycles. The lowest BCUT2D eigenvalue weighted by molar-refractivity contribution is 0.629. The van der Waals surface area contributed by atoms with E-state index < -0.39 is 5.82 Å². The van der Waals surface area contributed by atoms with Gasteiger partial charge in [-0.3, -0.25) is 4.98 Å². The standard InChI is InChI=1S/C9H4Cl2FN/c10-7-1-2-13-9-6(7)3-5(12)4-8(9)11/h1-4H. The first kappa shape index (κ1) is 8.73. The Morgan fingerprint density at radius 3 is 2.69 bits per heavy atom. The van der Waals surface area contributed by atoms with Gasteiger partial charge < -0.3 is 0 Å². The number of rotatable bonds is 0. The molecule has 0 aliphatic carbocycles. The number of benzene rings is 1. The Morgan fingerprint density at radius 1 is 1.15 bits per heavy atom. The summed E-state index contributed by atoms with van der Waals surface area (Å²) in [4.78, 5) is 4.00. The van der Waals surface area contributed by atoms with Gasteiger partial charge in [-0.05, 0) is 18.2 Å². The molecule has 1 aromatic heterocycles. The molecule has 0 aliphatic rings. The first-order valence-corrected chi connectivity index (χ1v) is 4.33. The fourth-order valence-corrected chi connectivity index (χ4v) is 1.60. The molecule has 0 bridgehead atoms. The van der Waals surface area contributed by atoms with Crippen LogP contribution in [0.5, 0.6) is 0 Å². The Labute approximate surface area is 84.1 Å². The molecular weight excluding hydrogens is 212 g/mol. The van der Waals surface area contributed by atoms with E-state index in [1.165, 1.54) is 18.3 Å². The molecule has 0 saturated heterocycles. The molecule has 2 aromatic rings. The van der Waals surface area contributed by atoms with Crippen molar-refractivity contribution in [2.75, 3.05) is 0 Å². The fourth-order valence-electron chi connectivity index (χ4n) is 1.15. The van der Waals surface area contributed by atoms with Crippen LogP contribution in [0, 0.1) is 5.82 Å². The molecule has 1 aromatic carbocycles. The molecule has 2 rings (SSSR count). The van der Waals surface area contributed by atoms with Crippen LogP contribution < -0.4 is 0 Å². The summed E-state index contributed by atoms with van der Waals surface area (Å²) in [6.45, 7) is 0. The minimum atomic E-state index is -0.410. The van der Waals surface area contributed by atoms with Gasteiger partial charge in [-0.25, -0.2) is 4.39 Å². The normalized spacial score (nSPS) is 10.7. The van der Waals surface area contributed by atoms with Crippen molar-refractivity contribution in [2.24, 2.45) is 0 Å². The summed E-state index contributed by atoms with van der Waals surface area (Å²) >= 11 is 11.6. The van der Waals surface area contributed by atoms with Crippen LogP contribution in [-0.2, 0) is 0 Å². The van der Waals surface area contributed by atoms with E-state index in [0.29, 0.717) is 15.9 Å². The summed E-state index contributed by atoms with van der Waals surface area (Å²) in [6, 6.07) is 4.13. The van der Waals surface area contributed by atoms with E-state index in [9.17, 15) is 4.39 Å². The Bertz CT molecular complexity index is 470. The lowest BCUT2D eigenvalue weighted by Gasteiger charge is -2.01.